The first-order valence-electron chi connectivity index (χ1n) is 21.9. The van der Waals surface area contributed by atoms with Crippen molar-refractivity contribution in [1.29, 1.82) is 0 Å². The van der Waals surface area contributed by atoms with Crippen LogP contribution in [0.4, 0.5) is 0 Å². The fraction of sp³-hybridized carbons (Fsp3) is 0.214. The van der Waals surface area contributed by atoms with Crippen LogP contribution < -0.4 is 10.7 Å². The second-order valence-corrected chi connectivity index (χ2v) is 28.6. The Morgan fingerprint density at radius 1 is 0.444 bits per heavy atom. The van der Waals surface area contributed by atoms with Crippen LogP contribution in [0.5, 0.6) is 0 Å². The molecular formula is C56H52O6Sn. The number of hydrogen-bond acceptors (Lipinski definition) is 6. The van der Waals surface area contributed by atoms with E-state index in [2.05, 4.69) is 72.8 Å². The van der Waals surface area contributed by atoms with Gasteiger partial charge in [0.2, 0.25) is 0 Å². The molecule has 0 spiro atoms. The molecule has 6 nitrogen and oxygen atoms in total. The Kier molecular flexibility index (Phi) is 12.0. The number of ether oxygens (including phenoxy) is 4. The van der Waals surface area contributed by atoms with E-state index < -0.39 is 71.3 Å². The van der Waals surface area contributed by atoms with E-state index in [1.807, 2.05) is 160 Å². The molecule has 316 valence electrons. The fourth-order valence-electron chi connectivity index (χ4n) is 10.1. The van der Waals surface area contributed by atoms with Crippen LogP contribution in [-0.4, -0.2) is 48.3 Å². The molecule has 2 unspecified atom stereocenters. The summed E-state index contributed by atoms with van der Waals surface area (Å²) in [5.41, 5.74) is -0.339. The van der Waals surface area contributed by atoms with Crippen molar-refractivity contribution in [3.05, 3.63) is 235 Å². The van der Waals surface area contributed by atoms with Gasteiger partial charge < -0.3 is 0 Å². The van der Waals surface area contributed by atoms with Gasteiger partial charge in [-0.15, -0.1) is 0 Å². The van der Waals surface area contributed by atoms with Gasteiger partial charge in [0.1, 0.15) is 0 Å². The molecule has 2 aliphatic rings. The molecule has 2 fully saturated rings. The Balaban J connectivity index is 1.34. The zero-order valence-corrected chi connectivity index (χ0v) is 38.7. The second-order valence-electron chi connectivity index (χ2n) is 17.3. The van der Waals surface area contributed by atoms with Gasteiger partial charge in [0.05, 0.1) is 0 Å². The number of benzene rings is 7. The molecule has 7 aromatic carbocycles. The average Bonchev–Trinajstić information content (AvgIpc) is 3.67. The molecule has 0 bridgehead atoms. The van der Waals surface area contributed by atoms with Crippen molar-refractivity contribution < 1.29 is 28.5 Å². The number of rotatable bonds is 9. The van der Waals surface area contributed by atoms with Crippen LogP contribution in [0.15, 0.2) is 212 Å². The SMILES string of the molecule is CC1CC([CH2][Sn]([c]2ccccc2)([c]2ccccc2)[c]2ccccc2)C(=O)OC(c2ccccc2)(c2ccccc2)[C@@H]2OC(C)(C)O[C@H]2C(c2ccccc2)(c2ccccc2)OC1=O. The molecule has 7 heteroatoms. The Bertz CT molecular complexity index is 2430. The maximum atomic E-state index is 16.1. The van der Waals surface area contributed by atoms with Gasteiger partial charge in [0.15, 0.2) is 0 Å². The van der Waals surface area contributed by atoms with Crippen LogP contribution in [0.3, 0.4) is 0 Å². The quantitative estimate of drug-likeness (QED) is 0.106. The van der Waals surface area contributed by atoms with Crippen LogP contribution in [0.2, 0.25) is 4.44 Å². The minimum atomic E-state index is -4.23. The van der Waals surface area contributed by atoms with Gasteiger partial charge in [0, 0.05) is 0 Å². The van der Waals surface area contributed by atoms with E-state index in [1.54, 1.807) is 0 Å². The summed E-state index contributed by atoms with van der Waals surface area (Å²) in [6.45, 7) is 5.61. The minimum absolute atomic E-state index is 0.185. The van der Waals surface area contributed by atoms with Crippen molar-refractivity contribution in [3.8, 4) is 0 Å². The van der Waals surface area contributed by atoms with Crippen molar-refractivity contribution >= 4 is 41.1 Å². The van der Waals surface area contributed by atoms with Crippen molar-refractivity contribution in [3.63, 3.8) is 0 Å². The van der Waals surface area contributed by atoms with Gasteiger partial charge in [-0.05, 0) is 0 Å². The summed E-state index contributed by atoms with van der Waals surface area (Å²) in [7, 11) is 0. The summed E-state index contributed by atoms with van der Waals surface area (Å²) in [6, 6.07) is 71.2. The van der Waals surface area contributed by atoms with Gasteiger partial charge in [-0.2, -0.15) is 0 Å². The van der Waals surface area contributed by atoms with E-state index in [0.29, 0.717) is 26.7 Å². The fourth-order valence-corrected chi connectivity index (χ4v) is 24.6. The number of fused-ring (bicyclic) bond motifs is 1. The molecule has 4 atom stereocenters. The van der Waals surface area contributed by atoms with Crippen molar-refractivity contribution in [2.24, 2.45) is 11.8 Å². The summed E-state index contributed by atoms with van der Waals surface area (Å²) in [5, 5.41) is 0. The van der Waals surface area contributed by atoms with Crippen LogP contribution in [0.1, 0.15) is 49.4 Å². The molecular weight excluding hydrogens is 887 g/mol. The summed E-state index contributed by atoms with van der Waals surface area (Å²) in [6.07, 6.45) is -1.89. The summed E-state index contributed by atoms with van der Waals surface area (Å²) < 4.78 is 33.2. The van der Waals surface area contributed by atoms with Crippen molar-refractivity contribution in [2.45, 2.75) is 60.8 Å². The zero-order chi connectivity index (χ0) is 43.5. The van der Waals surface area contributed by atoms with Crippen molar-refractivity contribution in [1.82, 2.24) is 0 Å². The van der Waals surface area contributed by atoms with Crippen molar-refractivity contribution in [2.75, 3.05) is 0 Å². The molecule has 9 rings (SSSR count). The molecule has 0 amide bonds. The topological polar surface area (TPSA) is 71.1 Å². The molecule has 0 aliphatic carbocycles. The average molecular weight is 940 g/mol. The summed E-state index contributed by atoms with van der Waals surface area (Å²) >= 11 is -4.23. The number of hydrogen-bond donors (Lipinski definition) is 0. The first-order valence-corrected chi connectivity index (χ1v) is 28.2. The first-order chi connectivity index (χ1) is 30.7. The van der Waals surface area contributed by atoms with Gasteiger partial charge >= 0.3 is 377 Å². The third-order valence-corrected chi connectivity index (χ3v) is 27.4. The van der Waals surface area contributed by atoms with Crippen LogP contribution >= 0.6 is 0 Å². The number of carbonyl (C=O) groups is 2. The van der Waals surface area contributed by atoms with Gasteiger partial charge in [-0.1, -0.05) is 0 Å². The monoisotopic (exact) mass is 940 g/mol. The predicted molar refractivity (Wildman–Crippen MR) is 249 cm³/mol. The van der Waals surface area contributed by atoms with E-state index in [1.165, 1.54) is 10.7 Å². The molecule has 7 aromatic rings. The van der Waals surface area contributed by atoms with E-state index in [9.17, 15) is 0 Å². The maximum absolute atomic E-state index is 16.1. The number of cyclic esters (lactones) is 2. The summed E-state index contributed by atoms with van der Waals surface area (Å²) in [4.78, 5) is 31.5. The molecule has 0 aromatic heterocycles. The molecule has 0 radical (unpaired) electrons. The van der Waals surface area contributed by atoms with Gasteiger partial charge in [0.25, 0.3) is 0 Å². The molecule has 2 aliphatic heterocycles. The number of esters is 2. The summed E-state index contributed by atoms with van der Waals surface area (Å²) in [5.74, 6) is -3.54. The van der Waals surface area contributed by atoms with Crippen LogP contribution in [0.25, 0.3) is 0 Å². The second kappa shape index (κ2) is 17.8. The van der Waals surface area contributed by atoms with E-state index in [0.717, 1.165) is 0 Å². The van der Waals surface area contributed by atoms with Gasteiger partial charge in [-0.3, -0.25) is 0 Å². The zero-order valence-electron chi connectivity index (χ0n) is 35.9. The number of carbonyl (C=O) groups excluding carboxylic acids is 2. The third-order valence-electron chi connectivity index (χ3n) is 13.0. The molecule has 63 heavy (non-hydrogen) atoms. The Hall–Kier alpha value is -5.80. The Morgan fingerprint density at radius 3 is 1.05 bits per heavy atom. The van der Waals surface area contributed by atoms with Gasteiger partial charge in [-0.25, -0.2) is 0 Å². The van der Waals surface area contributed by atoms with E-state index in [-0.39, 0.29) is 6.42 Å². The van der Waals surface area contributed by atoms with Crippen LogP contribution in [0, 0.1) is 11.8 Å². The predicted octanol–water partition coefficient (Wildman–Crippen LogP) is 9.31. The Morgan fingerprint density at radius 2 is 0.730 bits per heavy atom. The van der Waals surface area contributed by atoms with Crippen LogP contribution in [-0.2, 0) is 39.7 Å². The Labute approximate surface area is 374 Å². The standard InChI is InChI=1S/C38H37O6.3C6H5.Sn/c1-26-25-27(2)35(40)44-38(30-21-13-7-14-22-30,31-23-15-8-16-24-31)33-32(41-36(3,4)42-33)37(43-34(26)39,28-17-9-5-10-18-28)29-19-11-6-12-20-29;3*1-2-4-6-5-3-1;/h5-24,26-27,32-33H,1,25H2,2-4H3;3*1-5H;/t26?,27?,32-,33-;;;;/m1..../s1. The normalized spacial score (nSPS) is 21.8. The van der Waals surface area contributed by atoms with E-state index in [4.69, 9.17) is 18.9 Å². The van der Waals surface area contributed by atoms with E-state index >= 15 is 9.59 Å². The molecule has 2 heterocycles. The molecule has 2 saturated heterocycles. The molecule has 0 N–H and O–H groups in total. The first kappa shape index (κ1) is 42.5. The third kappa shape index (κ3) is 7.83. The molecule has 0 saturated carbocycles.